The summed E-state index contributed by atoms with van der Waals surface area (Å²) in [5.74, 6) is 0.686. The van der Waals surface area contributed by atoms with Crippen LogP contribution in [0.1, 0.15) is 50.6 Å². The number of anilines is 1. The Morgan fingerprint density at radius 1 is 1.44 bits per heavy atom. The summed E-state index contributed by atoms with van der Waals surface area (Å²) < 4.78 is 0. The zero-order valence-corrected chi connectivity index (χ0v) is 12.6. The first-order valence-corrected chi connectivity index (χ1v) is 7.92. The lowest BCUT2D eigenvalue weighted by Crippen LogP contribution is -2.29. The standard InChI is InChI=1S/C14H25N3S/c1-4-5-12-13(8-15)18-14(16-12)17(9-10(2)3)11-6-7-11/h10-11H,4-9,15H2,1-3H3. The van der Waals surface area contributed by atoms with E-state index in [0.29, 0.717) is 12.5 Å². The van der Waals surface area contributed by atoms with Gasteiger partial charge < -0.3 is 10.6 Å². The summed E-state index contributed by atoms with van der Waals surface area (Å²) in [5, 5.41) is 1.20. The quantitative estimate of drug-likeness (QED) is 0.825. The van der Waals surface area contributed by atoms with E-state index in [-0.39, 0.29) is 0 Å². The molecule has 102 valence electrons. The molecule has 2 rings (SSSR count). The van der Waals surface area contributed by atoms with Gasteiger partial charge in [-0.25, -0.2) is 4.98 Å². The van der Waals surface area contributed by atoms with Crippen molar-refractivity contribution >= 4 is 16.5 Å². The Morgan fingerprint density at radius 2 is 2.17 bits per heavy atom. The van der Waals surface area contributed by atoms with E-state index in [9.17, 15) is 0 Å². The van der Waals surface area contributed by atoms with Gasteiger partial charge in [-0.3, -0.25) is 0 Å². The summed E-state index contributed by atoms with van der Waals surface area (Å²) in [6.45, 7) is 8.51. The largest absolute Gasteiger partial charge is 0.345 e. The molecule has 1 aromatic rings. The van der Waals surface area contributed by atoms with Crippen molar-refractivity contribution in [2.75, 3.05) is 11.4 Å². The van der Waals surface area contributed by atoms with Gasteiger partial charge in [0.1, 0.15) is 0 Å². The number of thiazole rings is 1. The number of rotatable bonds is 7. The molecule has 0 amide bonds. The predicted octanol–water partition coefficient (Wildman–Crippen LogP) is 3.18. The smallest absolute Gasteiger partial charge is 0.186 e. The summed E-state index contributed by atoms with van der Waals surface area (Å²) in [6.07, 6.45) is 4.85. The summed E-state index contributed by atoms with van der Waals surface area (Å²) in [4.78, 5) is 8.64. The number of hydrogen-bond donors (Lipinski definition) is 1. The van der Waals surface area contributed by atoms with E-state index in [2.05, 4.69) is 25.7 Å². The van der Waals surface area contributed by atoms with Crippen molar-refractivity contribution in [1.82, 2.24) is 4.98 Å². The fourth-order valence-electron chi connectivity index (χ4n) is 2.25. The molecule has 0 atom stereocenters. The molecule has 0 aromatic carbocycles. The van der Waals surface area contributed by atoms with Crippen LogP contribution in [0.15, 0.2) is 0 Å². The van der Waals surface area contributed by atoms with Gasteiger partial charge in [0.05, 0.1) is 5.69 Å². The molecule has 1 aliphatic rings. The maximum atomic E-state index is 5.84. The molecule has 1 aliphatic carbocycles. The van der Waals surface area contributed by atoms with Gasteiger partial charge in [0.25, 0.3) is 0 Å². The van der Waals surface area contributed by atoms with Crippen LogP contribution in [-0.4, -0.2) is 17.6 Å². The van der Waals surface area contributed by atoms with Crippen LogP contribution >= 0.6 is 11.3 Å². The van der Waals surface area contributed by atoms with E-state index in [1.807, 2.05) is 11.3 Å². The van der Waals surface area contributed by atoms with Gasteiger partial charge in [-0.2, -0.15) is 0 Å². The van der Waals surface area contributed by atoms with E-state index in [4.69, 9.17) is 10.7 Å². The van der Waals surface area contributed by atoms with Crippen LogP contribution < -0.4 is 10.6 Å². The van der Waals surface area contributed by atoms with E-state index in [1.54, 1.807) is 0 Å². The van der Waals surface area contributed by atoms with Gasteiger partial charge in [0, 0.05) is 24.0 Å². The van der Waals surface area contributed by atoms with Crippen molar-refractivity contribution in [3.05, 3.63) is 10.6 Å². The van der Waals surface area contributed by atoms with Crippen molar-refractivity contribution in [2.24, 2.45) is 11.7 Å². The highest BCUT2D eigenvalue weighted by Gasteiger charge is 2.31. The molecule has 0 spiro atoms. The van der Waals surface area contributed by atoms with Crippen molar-refractivity contribution in [3.63, 3.8) is 0 Å². The highest BCUT2D eigenvalue weighted by atomic mass is 32.1. The van der Waals surface area contributed by atoms with E-state index < -0.39 is 0 Å². The first-order valence-electron chi connectivity index (χ1n) is 7.11. The molecule has 1 aromatic heterocycles. The minimum absolute atomic E-state index is 0.632. The first-order chi connectivity index (χ1) is 8.65. The fourth-order valence-corrected chi connectivity index (χ4v) is 3.31. The second kappa shape index (κ2) is 6.02. The Morgan fingerprint density at radius 3 is 2.67 bits per heavy atom. The maximum Gasteiger partial charge on any atom is 0.186 e. The monoisotopic (exact) mass is 267 g/mol. The molecule has 1 saturated carbocycles. The minimum Gasteiger partial charge on any atom is -0.345 e. The average Bonchev–Trinajstić information content (AvgIpc) is 3.08. The Bertz CT molecular complexity index is 382. The predicted molar refractivity (Wildman–Crippen MR) is 79.2 cm³/mol. The molecule has 18 heavy (non-hydrogen) atoms. The molecule has 0 saturated heterocycles. The Labute approximate surface area is 114 Å². The Balaban J connectivity index is 2.18. The first kappa shape index (κ1) is 13.8. The van der Waals surface area contributed by atoms with Crippen LogP contribution in [0.4, 0.5) is 5.13 Å². The summed E-state index contributed by atoms with van der Waals surface area (Å²) >= 11 is 1.81. The van der Waals surface area contributed by atoms with Crippen molar-refractivity contribution in [3.8, 4) is 0 Å². The van der Waals surface area contributed by atoms with Gasteiger partial charge in [-0.1, -0.05) is 27.2 Å². The SMILES string of the molecule is CCCc1nc(N(CC(C)C)C2CC2)sc1CN. The molecule has 1 heterocycles. The number of hydrogen-bond acceptors (Lipinski definition) is 4. The van der Waals surface area contributed by atoms with Gasteiger partial charge in [-0.05, 0) is 25.2 Å². The van der Waals surface area contributed by atoms with Crippen LogP contribution in [-0.2, 0) is 13.0 Å². The van der Waals surface area contributed by atoms with Gasteiger partial charge in [0.2, 0.25) is 0 Å². The number of nitrogens with two attached hydrogens (primary N) is 1. The molecule has 0 aliphatic heterocycles. The third-order valence-electron chi connectivity index (χ3n) is 3.23. The summed E-state index contributed by atoms with van der Waals surface area (Å²) in [5.41, 5.74) is 7.07. The Kier molecular flexibility index (Phi) is 4.62. The van der Waals surface area contributed by atoms with Crippen LogP contribution in [0.3, 0.4) is 0 Å². The Hall–Kier alpha value is -0.610. The third kappa shape index (κ3) is 3.23. The van der Waals surface area contributed by atoms with Crippen molar-refractivity contribution in [1.29, 1.82) is 0 Å². The van der Waals surface area contributed by atoms with E-state index >= 15 is 0 Å². The highest BCUT2D eigenvalue weighted by Crippen LogP contribution is 2.36. The summed E-state index contributed by atoms with van der Waals surface area (Å²) in [6, 6.07) is 0.735. The molecule has 0 bridgehead atoms. The molecular formula is C14H25N3S. The molecule has 1 fully saturated rings. The van der Waals surface area contributed by atoms with Crippen LogP contribution in [0, 0.1) is 5.92 Å². The summed E-state index contributed by atoms with van der Waals surface area (Å²) in [7, 11) is 0. The van der Waals surface area contributed by atoms with Crippen molar-refractivity contribution < 1.29 is 0 Å². The zero-order valence-electron chi connectivity index (χ0n) is 11.8. The molecule has 4 heteroatoms. The zero-order chi connectivity index (χ0) is 13.1. The van der Waals surface area contributed by atoms with Crippen molar-refractivity contribution in [2.45, 2.75) is 59.0 Å². The van der Waals surface area contributed by atoms with Crippen LogP contribution in [0.5, 0.6) is 0 Å². The number of aromatic nitrogens is 1. The van der Waals surface area contributed by atoms with Gasteiger partial charge in [0.15, 0.2) is 5.13 Å². The normalized spacial score (nSPS) is 15.4. The molecule has 0 radical (unpaired) electrons. The van der Waals surface area contributed by atoms with Gasteiger partial charge >= 0.3 is 0 Å². The topological polar surface area (TPSA) is 42.2 Å². The third-order valence-corrected chi connectivity index (χ3v) is 4.39. The number of aryl methyl sites for hydroxylation is 1. The number of nitrogens with zero attached hydrogens (tertiary/aromatic N) is 2. The minimum atomic E-state index is 0.632. The second-order valence-corrected chi connectivity index (χ2v) is 6.66. The van der Waals surface area contributed by atoms with Gasteiger partial charge in [-0.15, -0.1) is 11.3 Å². The average molecular weight is 267 g/mol. The highest BCUT2D eigenvalue weighted by molar-refractivity contribution is 7.15. The van der Waals surface area contributed by atoms with E-state index in [0.717, 1.165) is 25.4 Å². The lowest BCUT2D eigenvalue weighted by Gasteiger charge is -2.23. The lowest BCUT2D eigenvalue weighted by molar-refractivity contribution is 0.605. The lowest BCUT2D eigenvalue weighted by atomic mass is 10.2. The second-order valence-electron chi connectivity index (χ2n) is 5.60. The van der Waals surface area contributed by atoms with Crippen LogP contribution in [0.25, 0.3) is 0 Å². The van der Waals surface area contributed by atoms with E-state index in [1.165, 1.54) is 28.5 Å². The molecule has 3 nitrogen and oxygen atoms in total. The van der Waals surface area contributed by atoms with Crippen LogP contribution in [0.2, 0.25) is 0 Å². The molecule has 0 unspecified atom stereocenters. The maximum absolute atomic E-state index is 5.84. The molecular weight excluding hydrogens is 242 g/mol. The fraction of sp³-hybridized carbons (Fsp3) is 0.786. The molecule has 2 N–H and O–H groups in total.